The van der Waals surface area contributed by atoms with Gasteiger partial charge >= 0.3 is 12.2 Å². The summed E-state index contributed by atoms with van der Waals surface area (Å²) in [6.45, 7) is 0.270. The Labute approximate surface area is 221 Å². The van der Waals surface area contributed by atoms with E-state index in [2.05, 4.69) is 20.3 Å². The van der Waals surface area contributed by atoms with E-state index in [9.17, 15) is 31.2 Å². The van der Waals surface area contributed by atoms with E-state index >= 15 is 4.39 Å². The van der Waals surface area contributed by atoms with Crippen LogP contribution in [0.2, 0.25) is 0 Å². The Balaban J connectivity index is 1.46. The van der Waals surface area contributed by atoms with Gasteiger partial charge in [0.05, 0.1) is 23.8 Å². The van der Waals surface area contributed by atoms with Gasteiger partial charge in [0.15, 0.2) is 0 Å². The smallest absolute Gasteiger partial charge is 0.326 e. The van der Waals surface area contributed by atoms with Gasteiger partial charge in [-0.1, -0.05) is 18.2 Å². The van der Waals surface area contributed by atoms with Crippen molar-refractivity contribution >= 4 is 39.0 Å². The molecule has 0 aliphatic carbocycles. The highest BCUT2D eigenvalue weighted by Gasteiger charge is 2.33. The van der Waals surface area contributed by atoms with Crippen molar-refractivity contribution in [3.8, 4) is 11.1 Å². The van der Waals surface area contributed by atoms with Crippen LogP contribution >= 0.6 is 0 Å². The molecule has 2 aromatic carbocycles. The van der Waals surface area contributed by atoms with E-state index in [-0.39, 0.29) is 29.2 Å². The van der Waals surface area contributed by atoms with Gasteiger partial charge in [0.2, 0.25) is 15.9 Å². The minimum Gasteiger partial charge on any atom is -0.326 e. The normalized spacial score (nSPS) is 16.1. The number of amides is 3. The van der Waals surface area contributed by atoms with Crippen LogP contribution in [0.15, 0.2) is 60.8 Å². The molecule has 1 fully saturated rings. The first kappa shape index (κ1) is 27.8. The summed E-state index contributed by atoms with van der Waals surface area (Å²) in [6, 6.07) is 10.4. The van der Waals surface area contributed by atoms with Gasteiger partial charge < -0.3 is 15.5 Å². The summed E-state index contributed by atoms with van der Waals surface area (Å²) >= 11 is 0. The molecule has 1 atom stereocenters. The maximum Gasteiger partial charge on any atom is 0.433 e. The summed E-state index contributed by atoms with van der Waals surface area (Å²) in [6.07, 6.45) is -1.99. The van der Waals surface area contributed by atoms with E-state index in [4.69, 9.17) is 0 Å². The molecule has 3 amide bonds. The molecule has 4 rings (SSSR count). The third kappa shape index (κ3) is 6.82. The van der Waals surface area contributed by atoms with Gasteiger partial charge in [0.1, 0.15) is 17.6 Å². The largest absolute Gasteiger partial charge is 0.433 e. The van der Waals surface area contributed by atoms with Crippen molar-refractivity contribution in [3.05, 3.63) is 72.3 Å². The number of benzene rings is 2. The van der Waals surface area contributed by atoms with Crippen LogP contribution in [-0.2, 0) is 21.0 Å². The van der Waals surface area contributed by atoms with E-state index in [1.807, 2.05) is 0 Å². The zero-order chi connectivity index (χ0) is 28.4. The van der Waals surface area contributed by atoms with Gasteiger partial charge in [-0.3, -0.25) is 9.52 Å². The Hall–Kier alpha value is -4.20. The molecule has 2 heterocycles. The number of nitrogens with one attached hydrogen (secondary N) is 3. The number of nitrogens with zero attached hydrogens (tertiary/aromatic N) is 2. The second-order valence-electron chi connectivity index (χ2n) is 8.80. The van der Waals surface area contributed by atoms with Crippen molar-refractivity contribution in [1.82, 2.24) is 10.3 Å². The number of urea groups is 1. The van der Waals surface area contributed by atoms with E-state index in [1.54, 1.807) is 18.2 Å². The lowest BCUT2D eigenvalue weighted by Gasteiger charge is -2.32. The maximum atomic E-state index is 15.2. The molecule has 0 unspecified atom stereocenters. The fourth-order valence-corrected chi connectivity index (χ4v) is 4.70. The summed E-state index contributed by atoms with van der Waals surface area (Å²) in [7, 11) is -3.61. The van der Waals surface area contributed by atoms with E-state index in [0.29, 0.717) is 18.4 Å². The molecule has 0 bridgehead atoms. The first-order valence-electron chi connectivity index (χ1n) is 11.6. The second kappa shape index (κ2) is 10.9. The molecule has 1 saturated heterocycles. The van der Waals surface area contributed by atoms with Crippen molar-refractivity contribution in [2.24, 2.45) is 0 Å². The predicted octanol–water partition coefficient (Wildman–Crippen LogP) is 4.60. The number of sulfonamides is 1. The van der Waals surface area contributed by atoms with E-state index in [0.717, 1.165) is 30.7 Å². The number of rotatable bonds is 6. The van der Waals surface area contributed by atoms with Gasteiger partial charge in [-0.15, -0.1) is 0 Å². The molecular weight excluding hydrogens is 542 g/mol. The number of pyridine rings is 1. The number of para-hydroxylation sites is 1. The molecule has 14 heteroatoms. The fraction of sp³-hybridized carbons (Fsp3) is 0.240. The van der Waals surface area contributed by atoms with Crippen LogP contribution < -0.4 is 20.3 Å². The Morgan fingerprint density at radius 1 is 1.08 bits per heavy atom. The second-order valence-corrected chi connectivity index (χ2v) is 10.5. The molecule has 0 radical (unpaired) electrons. The topological polar surface area (TPSA) is 120 Å². The Morgan fingerprint density at radius 3 is 2.46 bits per heavy atom. The standard InChI is InChI=1S/C25H23F4N5O4S/c1-39(37,38)33-20-6-3-2-5-18(20)17-10-9-16(13-19(17)26)34-12-4-7-21(23(34)35)32-24(36)31-15-8-11-22(30-14-15)25(27,28)29/h2-3,5-6,8-11,13-14,21,33H,4,7,12H2,1H3,(H2,31,32,36)/t21-/m1/s1. The van der Waals surface area contributed by atoms with Crippen LogP contribution in [0, 0.1) is 5.82 Å². The summed E-state index contributed by atoms with van der Waals surface area (Å²) in [5.74, 6) is -1.18. The van der Waals surface area contributed by atoms with Gasteiger partial charge in [0.25, 0.3) is 0 Å². The first-order valence-corrected chi connectivity index (χ1v) is 13.5. The number of piperidine rings is 1. The van der Waals surface area contributed by atoms with Crippen LogP contribution in [0.5, 0.6) is 0 Å². The summed E-state index contributed by atoms with van der Waals surface area (Å²) in [4.78, 5) is 30.1. The molecule has 1 aliphatic heterocycles. The van der Waals surface area contributed by atoms with Crippen molar-refractivity contribution in [2.75, 3.05) is 27.7 Å². The summed E-state index contributed by atoms with van der Waals surface area (Å²) < 4.78 is 79.0. The average molecular weight is 566 g/mol. The number of carbonyl (C=O) groups excluding carboxylic acids is 2. The number of alkyl halides is 3. The third-order valence-electron chi connectivity index (χ3n) is 5.83. The van der Waals surface area contributed by atoms with Crippen LogP contribution in [0.1, 0.15) is 18.5 Å². The van der Waals surface area contributed by atoms with Crippen molar-refractivity contribution in [3.63, 3.8) is 0 Å². The number of hydrogen-bond acceptors (Lipinski definition) is 5. The predicted molar refractivity (Wildman–Crippen MR) is 137 cm³/mol. The fourth-order valence-electron chi connectivity index (χ4n) is 4.12. The highest BCUT2D eigenvalue weighted by Crippen LogP contribution is 2.33. The van der Waals surface area contributed by atoms with E-state index < -0.39 is 45.7 Å². The zero-order valence-corrected chi connectivity index (χ0v) is 21.2. The molecule has 0 spiro atoms. The Kier molecular flexibility index (Phi) is 7.77. The number of carbonyl (C=O) groups is 2. The monoisotopic (exact) mass is 565 g/mol. The third-order valence-corrected chi connectivity index (χ3v) is 6.42. The van der Waals surface area contributed by atoms with Gasteiger partial charge in [0, 0.05) is 23.4 Å². The molecule has 39 heavy (non-hydrogen) atoms. The average Bonchev–Trinajstić information content (AvgIpc) is 2.85. The quantitative estimate of drug-likeness (QED) is 0.378. The van der Waals surface area contributed by atoms with Gasteiger partial charge in [-0.05, 0) is 49.2 Å². The molecule has 1 aromatic heterocycles. The molecule has 0 saturated carbocycles. The molecule has 206 valence electrons. The number of halogens is 4. The lowest BCUT2D eigenvalue weighted by atomic mass is 10.0. The van der Waals surface area contributed by atoms with Gasteiger partial charge in [-0.2, -0.15) is 13.2 Å². The summed E-state index contributed by atoms with van der Waals surface area (Å²) in [5.41, 5.74) is -0.239. The van der Waals surface area contributed by atoms with Crippen LogP contribution in [0.25, 0.3) is 11.1 Å². The Morgan fingerprint density at radius 2 is 1.82 bits per heavy atom. The Bertz CT molecular complexity index is 1500. The number of aromatic nitrogens is 1. The highest BCUT2D eigenvalue weighted by molar-refractivity contribution is 7.92. The summed E-state index contributed by atoms with van der Waals surface area (Å²) in [5, 5.41) is 4.83. The number of anilines is 3. The SMILES string of the molecule is CS(=O)(=O)Nc1ccccc1-c1ccc(N2CCC[C@@H](NC(=O)Nc3ccc(C(F)(F)F)nc3)C2=O)cc1F. The molecule has 1 aliphatic rings. The van der Waals surface area contributed by atoms with Crippen molar-refractivity contribution < 1.29 is 35.6 Å². The molecular formula is C25H23F4N5O4S. The van der Waals surface area contributed by atoms with Crippen molar-refractivity contribution in [2.45, 2.75) is 25.1 Å². The minimum absolute atomic E-state index is 0.00363. The minimum atomic E-state index is -4.62. The molecule has 3 aromatic rings. The molecule has 9 nitrogen and oxygen atoms in total. The van der Waals surface area contributed by atoms with Crippen LogP contribution in [-0.4, -0.2) is 44.2 Å². The van der Waals surface area contributed by atoms with Crippen molar-refractivity contribution in [1.29, 1.82) is 0 Å². The molecule has 3 N–H and O–H groups in total. The maximum absolute atomic E-state index is 15.2. The highest BCUT2D eigenvalue weighted by atomic mass is 32.2. The zero-order valence-electron chi connectivity index (χ0n) is 20.4. The number of hydrogen-bond donors (Lipinski definition) is 3. The van der Waals surface area contributed by atoms with E-state index in [1.165, 1.54) is 23.1 Å². The lowest BCUT2D eigenvalue weighted by Crippen LogP contribution is -2.53. The van der Waals surface area contributed by atoms with Gasteiger partial charge in [-0.25, -0.2) is 22.6 Å². The van der Waals surface area contributed by atoms with Crippen LogP contribution in [0.3, 0.4) is 0 Å². The lowest BCUT2D eigenvalue weighted by molar-refractivity contribution is -0.141. The van der Waals surface area contributed by atoms with Crippen LogP contribution in [0.4, 0.5) is 39.4 Å². The first-order chi connectivity index (χ1) is 18.3.